The van der Waals surface area contributed by atoms with Crippen molar-refractivity contribution < 1.29 is 5.11 Å². The number of nitrogens with zero attached hydrogens (tertiary/aromatic N) is 4. The van der Waals surface area contributed by atoms with Gasteiger partial charge in [-0.15, -0.1) is 12.4 Å². The molecule has 9 heteroatoms. The fourth-order valence-corrected chi connectivity index (χ4v) is 5.00. The molecule has 0 unspecified atom stereocenters. The number of aryl methyl sites for hydroxylation is 1. The predicted octanol–water partition coefficient (Wildman–Crippen LogP) is 4.90. The molecule has 0 saturated carbocycles. The second-order valence-electron chi connectivity index (χ2n) is 8.38. The SMILES string of the molecule is CCn1c(=S)[nH]c2cc3c(NCc4ccccc4N4CCC(CO)CC4)ncnc3cc21.Cl. The number of fused-ring (bicyclic) bond motifs is 2. The van der Waals surface area contributed by atoms with Crippen LogP contribution in [0.5, 0.6) is 0 Å². The molecule has 1 fully saturated rings. The van der Waals surface area contributed by atoms with Crippen LogP contribution in [-0.2, 0) is 13.1 Å². The van der Waals surface area contributed by atoms with Crippen LogP contribution in [0.3, 0.4) is 0 Å². The van der Waals surface area contributed by atoms with Gasteiger partial charge in [-0.05, 0) is 61.7 Å². The van der Waals surface area contributed by atoms with Gasteiger partial charge >= 0.3 is 0 Å². The molecule has 0 aliphatic carbocycles. The van der Waals surface area contributed by atoms with E-state index >= 15 is 0 Å². The first-order valence-electron chi connectivity index (χ1n) is 11.2. The first-order chi connectivity index (χ1) is 15.7. The molecular weight excluding hydrogens is 456 g/mol. The highest BCUT2D eigenvalue weighted by atomic mass is 35.5. The van der Waals surface area contributed by atoms with Crippen LogP contribution in [0.25, 0.3) is 21.9 Å². The first kappa shape index (κ1) is 23.5. The van der Waals surface area contributed by atoms with Gasteiger partial charge in [0.2, 0.25) is 0 Å². The number of imidazole rings is 1. The first-order valence-corrected chi connectivity index (χ1v) is 11.6. The predicted molar refractivity (Wildman–Crippen MR) is 139 cm³/mol. The van der Waals surface area contributed by atoms with Crippen LogP contribution in [-0.4, -0.2) is 44.3 Å². The van der Waals surface area contributed by atoms with Crippen molar-refractivity contribution in [1.29, 1.82) is 0 Å². The Hall–Kier alpha value is -2.68. The molecule has 3 N–H and O–H groups in total. The van der Waals surface area contributed by atoms with Gasteiger partial charge in [0.1, 0.15) is 12.1 Å². The molecule has 0 radical (unpaired) electrons. The van der Waals surface area contributed by atoms with E-state index in [1.54, 1.807) is 6.33 Å². The Kier molecular flexibility index (Phi) is 7.17. The van der Waals surface area contributed by atoms with Crippen molar-refractivity contribution in [2.24, 2.45) is 5.92 Å². The molecule has 1 saturated heterocycles. The minimum absolute atomic E-state index is 0. The Morgan fingerprint density at radius 1 is 1.18 bits per heavy atom. The molecule has 4 aromatic rings. The second kappa shape index (κ2) is 10.1. The molecule has 2 aromatic carbocycles. The second-order valence-corrected chi connectivity index (χ2v) is 8.77. The molecule has 174 valence electrons. The lowest BCUT2D eigenvalue weighted by atomic mass is 9.97. The van der Waals surface area contributed by atoms with Gasteiger partial charge in [-0.3, -0.25) is 0 Å². The third kappa shape index (κ3) is 4.55. The summed E-state index contributed by atoms with van der Waals surface area (Å²) in [4.78, 5) is 14.8. The smallest absolute Gasteiger partial charge is 0.178 e. The Labute approximate surface area is 204 Å². The van der Waals surface area contributed by atoms with Crippen molar-refractivity contribution in [3.63, 3.8) is 0 Å². The Morgan fingerprint density at radius 3 is 2.73 bits per heavy atom. The maximum absolute atomic E-state index is 9.45. The van der Waals surface area contributed by atoms with E-state index in [1.807, 2.05) is 0 Å². The quantitative estimate of drug-likeness (QED) is 0.337. The zero-order valence-electron chi connectivity index (χ0n) is 18.6. The van der Waals surface area contributed by atoms with Crippen LogP contribution < -0.4 is 10.2 Å². The summed E-state index contributed by atoms with van der Waals surface area (Å²) in [5.74, 6) is 1.24. The summed E-state index contributed by atoms with van der Waals surface area (Å²) in [5.41, 5.74) is 5.44. The molecule has 1 aliphatic rings. The third-order valence-corrected chi connectivity index (χ3v) is 6.82. The van der Waals surface area contributed by atoms with E-state index in [-0.39, 0.29) is 19.0 Å². The van der Waals surface area contributed by atoms with Gasteiger partial charge < -0.3 is 24.9 Å². The van der Waals surface area contributed by atoms with E-state index in [0.717, 1.165) is 65.0 Å². The summed E-state index contributed by atoms with van der Waals surface area (Å²) in [6.07, 6.45) is 3.67. The molecular formula is C24H29ClN6OS. The lowest BCUT2D eigenvalue weighted by molar-refractivity contribution is 0.203. The lowest BCUT2D eigenvalue weighted by Crippen LogP contribution is -2.35. The monoisotopic (exact) mass is 484 g/mol. The van der Waals surface area contributed by atoms with Crippen LogP contribution in [0.15, 0.2) is 42.7 Å². The molecule has 2 aromatic heterocycles. The summed E-state index contributed by atoms with van der Waals surface area (Å²) in [5, 5.41) is 14.0. The van der Waals surface area contributed by atoms with Gasteiger partial charge in [0.25, 0.3) is 0 Å². The maximum Gasteiger partial charge on any atom is 0.178 e. The number of hydrogen-bond donors (Lipinski definition) is 3. The largest absolute Gasteiger partial charge is 0.396 e. The zero-order chi connectivity index (χ0) is 22.1. The van der Waals surface area contributed by atoms with Crippen LogP contribution >= 0.6 is 24.6 Å². The average Bonchev–Trinajstić information content (AvgIpc) is 3.15. The van der Waals surface area contributed by atoms with E-state index in [0.29, 0.717) is 12.5 Å². The molecule has 5 rings (SSSR count). The molecule has 1 aliphatic heterocycles. The van der Waals surface area contributed by atoms with E-state index in [1.165, 1.54) is 11.3 Å². The fraction of sp³-hybridized carbons (Fsp3) is 0.375. The Balaban J connectivity index is 0.00000259. The summed E-state index contributed by atoms with van der Waals surface area (Å²) in [6.45, 7) is 5.81. The van der Waals surface area contributed by atoms with Gasteiger partial charge in [-0.1, -0.05) is 18.2 Å². The fourth-order valence-electron chi connectivity index (χ4n) is 4.67. The van der Waals surface area contributed by atoms with Gasteiger partial charge in [0, 0.05) is 43.9 Å². The van der Waals surface area contributed by atoms with Crippen molar-refractivity contribution in [2.75, 3.05) is 29.9 Å². The van der Waals surface area contributed by atoms with Crippen LogP contribution in [0, 0.1) is 10.7 Å². The molecule has 33 heavy (non-hydrogen) atoms. The van der Waals surface area contributed by atoms with Crippen LogP contribution in [0.4, 0.5) is 11.5 Å². The van der Waals surface area contributed by atoms with E-state index < -0.39 is 0 Å². The van der Waals surface area contributed by atoms with Crippen molar-refractivity contribution in [3.8, 4) is 0 Å². The Morgan fingerprint density at radius 2 is 1.97 bits per heavy atom. The van der Waals surface area contributed by atoms with Gasteiger partial charge in [-0.2, -0.15) is 0 Å². The number of aromatic amines is 1. The number of para-hydroxylation sites is 1. The minimum atomic E-state index is 0. The highest BCUT2D eigenvalue weighted by molar-refractivity contribution is 7.71. The number of benzene rings is 2. The van der Waals surface area contributed by atoms with E-state index in [9.17, 15) is 5.11 Å². The standard InChI is InChI=1S/C24H28N6OS.ClH/c1-2-30-22-12-19-18(11-20(22)28-24(30)32)23(27-15-26-19)25-13-17-5-3-4-6-21(17)29-9-7-16(14-31)8-10-29;/h3-6,11-12,15-16,31H,2,7-10,13-14H2,1H3,(H,28,32)(H,25,26,27);1H. The van der Waals surface area contributed by atoms with Crippen LogP contribution in [0.2, 0.25) is 0 Å². The molecule has 3 heterocycles. The molecule has 7 nitrogen and oxygen atoms in total. The summed E-state index contributed by atoms with van der Waals surface area (Å²) >= 11 is 5.47. The summed E-state index contributed by atoms with van der Waals surface area (Å²) < 4.78 is 2.80. The highest BCUT2D eigenvalue weighted by Gasteiger charge is 2.20. The van der Waals surface area contributed by atoms with Gasteiger partial charge in [-0.25, -0.2) is 9.97 Å². The molecule has 0 bridgehead atoms. The van der Waals surface area contributed by atoms with E-state index in [4.69, 9.17) is 12.2 Å². The molecule has 0 spiro atoms. The summed E-state index contributed by atoms with van der Waals surface area (Å²) in [6, 6.07) is 12.7. The number of halogens is 1. The molecule has 0 amide bonds. The number of aliphatic hydroxyl groups is 1. The topological polar surface area (TPSA) is 82.0 Å². The van der Waals surface area contributed by atoms with Crippen molar-refractivity contribution in [1.82, 2.24) is 19.5 Å². The number of rotatable bonds is 6. The summed E-state index contributed by atoms with van der Waals surface area (Å²) in [7, 11) is 0. The normalized spacial score (nSPS) is 14.5. The average molecular weight is 485 g/mol. The number of aromatic nitrogens is 4. The molecule has 0 atom stereocenters. The third-order valence-electron chi connectivity index (χ3n) is 6.50. The number of hydrogen-bond acceptors (Lipinski definition) is 6. The van der Waals surface area contributed by atoms with Gasteiger partial charge in [0.05, 0.1) is 16.6 Å². The lowest BCUT2D eigenvalue weighted by Gasteiger charge is -2.34. The van der Waals surface area contributed by atoms with Crippen molar-refractivity contribution in [2.45, 2.75) is 32.9 Å². The number of anilines is 2. The Bertz CT molecular complexity index is 1310. The highest BCUT2D eigenvalue weighted by Crippen LogP contribution is 2.29. The number of H-pyrrole nitrogens is 1. The van der Waals surface area contributed by atoms with Crippen LogP contribution in [0.1, 0.15) is 25.3 Å². The maximum atomic E-state index is 9.45. The number of piperidine rings is 1. The van der Waals surface area contributed by atoms with Gasteiger partial charge in [0.15, 0.2) is 4.77 Å². The van der Waals surface area contributed by atoms with Crippen molar-refractivity contribution >= 4 is 58.1 Å². The number of nitrogens with one attached hydrogen (secondary N) is 2. The number of aliphatic hydroxyl groups excluding tert-OH is 1. The van der Waals surface area contributed by atoms with Crippen molar-refractivity contribution in [3.05, 3.63) is 53.1 Å². The zero-order valence-corrected chi connectivity index (χ0v) is 20.3. The van der Waals surface area contributed by atoms with E-state index in [2.05, 4.69) is 73.1 Å². The minimum Gasteiger partial charge on any atom is -0.396 e.